The molecule has 0 saturated carbocycles. The molecule has 0 radical (unpaired) electrons. The van der Waals surface area contributed by atoms with Crippen LogP contribution in [0.4, 0.5) is 0 Å². The van der Waals surface area contributed by atoms with Gasteiger partial charge in [-0.2, -0.15) is 0 Å². The van der Waals surface area contributed by atoms with E-state index in [9.17, 15) is 0 Å². The fraction of sp³-hybridized carbons (Fsp3) is 0.600. The third kappa shape index (κ3) is 4.69. The molecule has 108 valence electrons. The standard InChI is InChI=1S/C15H24BrNO2/c1-5-12(6-2)19-15-13(16)8-11(10-17-7-3)9-14(15)18-4/h8-9,12,17H,5-7,10H2,1-4H3. The molecule has 0 aliphatic carbocycles. The molecule has 19 heavy (non-hydrogen) atoms. The van der Waals surface area contributed by atoms with E-state index in [1.807, 2.05) is 6.07 Å². The Bertz CT molecular complexity index is 392. The fourth-order valence-corrected chi connectivity index (χ4v) is 2.46. The Morgan fingerprint density at radius 1 is 1.21 bits per heavy atom. The number of hydrogen-bond donors (Lipinski definition) is 1. The molecule has 0 heterocycles. The average molecular weight is 330 g/mol. The number of rotatable bonds is 8. The van der Waals surface area contributed by atoms with E-state index in [0.717, 1.165) is 41.9 Å². The molecule has 0 bridgehead atoms. The van der Waals surface area contributed by atoms with E-state index in [1.165, 1.54) is 5.56 Å². The molecule has 4 heteroatoms. The lowest BCUT2D eigenvalue weighted by Crippen LogP contribution is -2.15. The van der Waals surface area contributed by atoms with Gasteiger partial charge in [-0.25, -0.2) is 0 Å². The van der Waals surface area contributed by atoms with Gasteiger partial charge in [-0.3, -0.25) is 0 Å². The summed E-state index contributed by atoms with van der Waals surface area (Å²) in [5.74, 6) is 1.59. The second-order valence-corrected chi connectivity index (χ2v) is 5.30. The first kappa shape index (κ1) is 16.3. The largest absolute Gasteiger partial charge is 0.493 e. The lowest BCUT2D eigenvalue weighted by Gasteiger charge is -2.20. The molecular weight excluding hydrogens is 306 g/mol. The minimum absolute atomic E-state index is 0.227. The minimum atomic E-state index is 0.227. The number of ether oxygens (including phenoxy) is 2. The summed E-state index contributed by atoms with van der Waals surface area (Å²) in [6, 6.07) is 4.12. The zero-order valence-corrected chi connectivity index (χ0v) is 13.8. The van der Waals surface area contributed by atoms with E-state index >= 15 is 0 Å². The van der Waals surface area contributed by atoms with Crippen LogP contribution >= 0.6 is 15.9 Å². The van der Waals surface area contributed by atoms with Crippen LogP contribution in [0, 0.1) is 0 Å². The van der Waals surface area contributed by atoms with Gasteiger partial charge in [0.25, 0.3) is 0 Å². The first-order valence-corrected chi connectivity index (χ1v) is 7.69. The Morgan fingerprint density at radius 3 is 2.42 bits per heavy atom. The first-order valence-electron chi connectivity index (χ1n) is 6.89. The van der Waals surface area contributed by atoms with Gasteiger partial charge in [-0.15, -0.1) is 0 Å². The Kier molecular flexibility index (Phi) is 7.24. The number of nitrogens with one attached hydrogen (secondary N) is 1. The molecule has 1 rings (SSSR count). The first-order chi connectivity index (χ1) is 9.15. The maximum Gasteiger partial charge on any atom is 0.175 e. The molecule has 0 unspecified atom stereocenters. The van der Waals surface area contributed by atoms with Crippen molar-refractivity contribution >= 4 is 15.9 Å². The van der Waals surface area contributed by atoms with Crippen molar-refractivity contribution in [2.45, 2.75) is 46.3 Å². The predicted octanol–water partition coefficient (Wildman–Crippen LogP) is 4.13. The van der Waals surface area contributed by atoms with Crippen molar-refractivity contribution in [3.63, 3.8) is 0 Å². The number of benzene rings is 1. The molecule has 0 spiro atoms. The lowest BCUT2D eigenvalue weighted by molar-refractivity contribution is 0.183. The summed E-state index contributed by atoms with van der Waals surface area (Å²) in [5.41, 5.74) is 1.18. The van der Waals surface area contributed by atoms with Gasteiger partial charge in [0.1, 0.15) is 0 Å². The van der Waals surface area contributed by atoms with E-state index in [2.05, 4.69) is 48.1 Å². The SMILES string of the molecule is CCNCc1cc(Br)c(OC(CC)CC)c(OC)c1. The lowest BCUT2D eigenvalue weighted by atomic mass is 10.2. The molecule has 0 amide bonds. The van der Waals surface area contributed by atoms with Gasteiger partial charge in [0.15, 0.2) is 11.5 Å². The summed E-state index contributed by atoms with van der Waals surface area (Å²) >= 11 is 3.58. The smallest absolute Gasteiger partial charge is 0.175 e. The Morgan fingerprint density at radius 2 is 1.89 bits per heavy atom. The van der Waals surface area contributed by atoms with E-state index in [-0.39, 0.29) is 6.10 Å². The van der Waals surface area contributed by atoms with Gasteiger partial charge in [0, 0.05) is 6.54 Å². The molecule has 0 fully saturated rings. The van der Waals surface area contributed by atoms with Gasteiger partial charge in [0.05, 0.1) is 17.7 Å². The second kappa shape index (κ2) is 8.43. The highest BCUT2D eigenvalue weighted by Gasteiger charge is 2.15. The highest BCUT2D eigenvalue weighted by atomic mass is 79.9. The summed E-state index contributed by atoms with van der Waals surface area (Å²) in [5, 5.41) is 3.31. The quantitative estimate of drug-likeness (QED) is 0.777. The Labute approximate surface area is 124 Å². The third-order valence-electron chi connectivity index (χ3n) is 3.06. The summed E-state index contributed by atoms with van der Waals surface area (Å²) in [6.07, 6.45) is 2.21. The van der Waals surface area contributed by atoms with Crippen molar-refractivity contribution in [2.24, 2.45) is 0 Å². The topological polar surface area (TPSA) is 30.5 Å². The summed E-state index contributed by atoms with van der Waals surface area (Å²) in [6.45, 7) is 8.14. The van der Waals surface area contributed by atoms with Gasteiger partial charge in [0.2, 0.25) is 0 Å². The zero-order chi connectivity index (χ0) is 14.3. The summed E-state index contributed by atoms with van der Waals surface area (Å²) in [7, 11) is 1.68. The average Bonchev–Trinajstić information content (AvgIpc) is 2.43. The second-order valence-electron chi connectivity index (χ2n) is 4.45. The van der Waals surface area contributed by atoms with Crippen LogP contribution in [0.25, 0.3) is 0 Å². The fourth-order valence-electron chi connectivity index (χ4n) is 1.88. The monoisotopic (exact) mass is 329 g/mol. The van der Waals surface area contributed by atoms with Crippen molar-refractivity contribution < 1.29 is 9.47 Å². The van der Waals surface area contributed by atoms with Gasteiger partial charge >= 0.3 is 0 Å². The van der Waals surface area contributed by atoms with Crippen molar-refractivity contribution in [1.29, 1.82) is 0 Å². The van der Waals surface area contributed by atoms with E-state index in [0.29, 0.717) is 0 Å². The maximum atomic E-state index is 6.03. The number of halogens is 1. The molecular formula is C15H24BrNO2. The Hall–Kier alpha value is -0.740. The van der Waals surface area contributed by atoms with Gasteiger partial charge in [-0.1, -0.05) is 20.8 Å². The summed E-state index contributed by atoms with van der Waals surface area (Å²) < 4.78 is 12.4. The van der Waals surface area contributed by atoms with Crippen LogP contribution in [-0.2, 0) is 6.54 Å². The molecule has 0 saturated heterocycles. The highest BCUT2D eigenvalue weighted by molar-refractivity contribution is 9.10. The van der Waals surface area contributed by atoms with Crippen LogP contribution in [-0.4, -0.2) is 19.8 Å². The van der Waals surface area contributed by atoms with Crippen molar-refractivity contribution in [3.8, 4) is 11.5 Å². The van der Waals surface area contributed by atoms with Crippen LogP contribution in [0.1, 0.15) is 39.2 Å². The van der Waals surface area contributed by atoms with Gasteiger partial charge in [-0.05, 0) is 53.0 Å². The minimum Gasteiger partial charge on any atom is -0.493 e. The molecule has 0 atom stereocenters. The normalized spacial score (nSPS) is 10.8. The Balaban J connectivity index is 2.97. The van der Waals surface area contributed by atoms with E-state index in [1.54, 1.807) is 7.11 Å². The molecule has 3 nitrogen and oxygen atoms in total. The van der Waals surface area contributed by atoms with E-state index < -0.39 is 0 Å². The van der Waals surface area contributed by atoms with Gasteiger partial charge < -0.3 is 14.8 Å². The maximum absolute atomic E-state index is 6.03. The highest BCUT2D eigenvalue weighted by Crippen LogP contribution is 2.37. The third-order valence-corrected chi connectivity index (χ3v) is 3.65. The van der Waals surface area contributed by atoms with E-state index in [4.69, 9.17) is 9.47 Å². The molecule has 1 aromatic rings. The predicted molar refractivity (Wildman–Crippen MR) is 83.1 cm³/mol. The van der Waals surface area contributed by atoms with Crippen LogP contribution < -0.4 is 14.8 Å². The van der Waals surface area contributed by atoms with Crippen molar-refractivity contribution in [1.82, 2.24) is 5.32 Å². The van der Waals surface area contributed by atoms with Crippen molar-refractivity contribution in [3.05, 3.63) is 22.2 Å². The molecule has 0 aromatic heterocycles. The van der Waals surface area contributed by atoms with Crippen LogP contribution in [0.3, 0.4) is 0 Å². The molecule has 1 N–H and O–H groups in total. The number of hydrogen-bond acceptors (Lipinski definition) is 3. The summed E-state index contributed by atoms with van der Waals surface area (Å²) in [4.78, 5) is 0. The molecule has 1 aromatic carbocycles. The van der Waals surface area contributed by atoms with Crippen LogP contribution in [0.2, 0.25) is 0 Å². The zero-order valence-electron chi connectivity index (χ0n) is 12.3. The van der Waals surface area contributed by atoms with Crippen LogP contribution in [0.5, 0.6) is 11.5 Å². The van der Waals surface area contributed by atoms with Crippen molar-refractivity contribution in [2.75, 3.05) is 13.7 Å². The molecule has 0 aliphatic rings. The molecule has 0 aliphatic heterocycles. The number of methoxy groups -OCH3 is 1. The van der Waals surface area contributed by atoms with Crippen LogP contribution in [0.15, 0.2) is 16.6 Å².